The van der Waals surface area contributed by atoms with E-state index >= 15 is 0 Å². The highest BCUT2D eigenvalue weighted by Crippen LogP contribution is 2.36. The van der Waals surface area contributed by atoms with Gasteiger partial charge in [0, 0.05) is 0 Å². The Balaban J connectivity index is 1.79. The normalized spacial score (nSPS) is 21.2. The molecule has 3 rings (SSSR count). The lowest BCUT2D eigenvalue weighted by Crippen LogP contribution is -2.30. The maximum absolute atomic E-state index is 12.2. The zero-order chi connectivity index (χ0) is 15.7. The first kappa shape index (κ1) is 14.8. The molecule has 1 aliphatic rings. The third-order valence-electron chi connectivity index (χ3n) is 4.16. The highest BCUT2D eigenvalue weighted by atomic mass is 16.6. The smallest absolute Gasteiger partial charge is 0.340 e. The van der Waals surface area contributed by atoms with Crippen LogP contribution in [0.3, 0.4) is 0 Å². The number of ether oxygens (including phenoxy) is 1. The SMILES string of the molecule is Cc1cccc2c1C[C@@H](N)[C@H]2OC(=O)[C@H](O)c1ccccc1. The molecule has 0 amide bonds. The highest BCUT2D eigenvalue weighted by Gasteiger charge is 2.35. The number of aliphatic hydroxyl groups is 1. The van der Waals surface area contributed by atoms with Gasteiger partial charge in [0.15, 0.2) is 6.10 Å². The fourth-order valence-electron chi connectivity index (χ4n) is 2.96. The van der Waals surface area contributed by atoms with Crippen molar-refractivity contribution >= 4 is 5.97 Å². The second-order valence-electron chi connectivity index (χ2n) is 5.68. The van der Waals surface area contributed by atoms with Crippen LogP contribution in [0.1, 0.15) is 34.5 Å². The van der Waals surface area contributed by atoms with Crippen molar-refractivity contribution in [3.8, 4) is 0 Å². The standard InChI is InChI=1S/C18H19NO3/c1-11-6-5-9-13-14(11)10-15(19)17(13)22-18(21)16(20)12-7-3-2-4-8-12/h2-9,15-17,20H,10,19H2,1H3/t15-,16-,17+/m1/s1. The molecule has 0 radical (unpaired) electrons. The van der Waals surface area contributed by atoms with Gasteiger partial charge in [0.05, 0.1) is 6.04 Å². The van der Waals surface area contributed by atoms with Crippen molar-refractivity contribution in [2.75, 3.05) is 0 Å². The maximum Gasteiger partial charge on any atom is 0.340 e. The molecule has 1 aliphatic carbocycles. The van der Waals surface area contributed by atoms with Gasteiger partial charge in [-0.1, -0.05) is 48.5 Å². The Morgan fingerprint density at radius 2 is 1.95 bits per heavy atom. The molecule has 114 valence electrons. The molecular weight excluding hydrogens is 278 g/mol. The molecule has 0 heterocycles. The first-order chi connectivity index (χ1) is 10.6. The average molecular weight is 297 g/mol. The van der Waals surface area contributed by atoms with Crippen LogP contribution in [0, 0.1) is 6.92 Å². The lowest BCUT2D eigenvalue weighted by molar-refractivity contribution is -0.160. The lowest BCUT2D eigenvalue weighted by atomic mass is 10.0. The third kappa shape index (κ3) is 2.63. The zero-order valence-electron chi connectivity index (χ0n) is 12.4. The van der Waals surface area contributed by atoms with E-state index in [0.717, 1.165) is 16.7 Å². The van der Waals surface area contributed by atoms with Gasteiger partial charge in [-0.05, 0) is 35.6 Å². The summed E-state index contributed by atoms with van der Waals surface area (Å²) in [7, 11) is 0. The summed E-state index contributed by atoms with van der Waals surface area (Å²) in [6.45, 7) is 2.02. The van der Waals surface area contributed by atoms with E-state index in [1.54, 1.807) is 24.3 Å². The Hall–Kier alpha value is -2.17. The number of benzene rings is 2. The molecule has 0 aromatic heterocycles. The van der Waals surface area contributed by atoms with Gasteiger partial charge in [-0.25, -0.2) is 4.79 Å². The van der Waals surface area contributed by atoms with Crippen LogP contribution in [0.2, 0.25) is 0 Å². The predicted molar refractivity (Wildman–Crippen MR) is 83.1 cm³/mol. The molecule has 3 N–H and O–H groups in total. The summed E-state index contributed by atoms with van der Waals surface area (Å²) in [6, 6.07) is 14.4. The van der Waals surface area contributed by atoms with E-state index in [-0.39, 0.29) is 6.04 Å². The van der Waals surface area contributed by atoms with Crippen molar-refractivity contribution in [1.29, 1.82) is 0 Å². The molecule has 3 atom stereocenters. The number of hydrogen-bond donors (Lipinski definition) is 2. The molecule has 0 saturated heterocycles. The van der Waals surface area contributed by atoms with Crippen LogP contribution in [-0.4, -0.2) is 17.1 Å². The molecule has 0 fully saturated rings. The summed E-state index contributed by atoms with van der Waals surface area (Å²) in [5.41, 5.74) is 9.88. The molecule has 0 saturated carbocycles. The summed E-state index contributed by atoms with van der Waals surface area (Å²) in [5, 5.41) is 10.1. The van der Waals surface area contributed by atoms with Gasteiger partial charge in [0.2, 0.25) is 0 Å². The van der Waals surface area contributed by atoms with Gasteiger partial charge in [0.1, 0.15) is 6.10 Å². The fraction of sp³-hybridized carbons (Fsp3) is 0.278. The second kappa shape index (κ2) is 5.91. The Morgan fingerprint density at radius 1 is 1.23 bits per heavy atom. The van der Waals surface area contributed by atoms with Gasteiger partial charge >= 0.3 is 5.97 Å². The lowest BCUT2D eigenvalue weighted by Gasteiger charge is -2.20. The topological polar surface area (TPSA) is 72.5 Å². The van der Waals surface area contributed by atoms with Gasteiger partial charge in [-0.2, -0.15) is 0 Å². The van der Waals surface area contributed by atoms with E-state index in [2.05, 4.69) is 0 Å². The number of esters is 1. The van der Waals surface area contributed by atoms with Crippen LogP contribution < -0.4 is 5.73 Å². The van der Waals surface area contributed by atoms with E-state index in [1.165, 1.54) is 0 Å². The molecule has 0 bridgehead atoms. The van der Waals surface area contributed by atoms with Crippen molar-refractivity contribution in [3.63, 3.8) is 0 Å². The van der Waals surface area contributed by atoms with Crippen LogP contribution in [0.15, 0.2) is 48.5 Å². The van der Waals surface area contributed by atoms with Gasteiger partial charge < -0.3 is 15.6 Å². The van der Waals surface area contributed by atoms with Crippen molar-refractivity contribution < 1.29 is 14.6 Å². The van der Waals surface area contributed by atoms with E-state index in [9.17, 15) is 9.90 Å². The van der Waals surface area contributed by atoms with E-state index < -0.39 is 18.2 Å². The molecule has 0 aliphatic heterocycles. The van der Waals surface area contributed by atoms with Gasteiger partial charge in [-0.15, -0.1) is 0 Å². The van der Waals surface area contributed by atoms with Crippen molar-refractivity contribution in [2.24, 2.45) is 5.73 Å². The summed E-state index contributed by atoms with van der Waals surface area (Å²) >= 11 is 0. The van der Waals surface area contributed by atoms with Crippen LogP contribution in [0.5, 0.6) is 0 Å². The average Bonchev–Trinajstić information content (AvgIpc) is 2.85. The van der Waals surface area contributed by atoms with E-state index in [4.69, 9.17) is 10.5 Å². The number of carbonyl (C=O) groups excluding carboxylic acids is 1. The molecular formula is C18H19NO3. The summed E-state index contributed by atoms with van der Waals surface area (Å²) < 4.78 is 5.51. The predicted octanol–water partition coefficient (Wildman–Crippen LogP) is 2.20. The molecule has 0 spiro atoms. The molecule has 2 aromatic rings. The fourth-order valence-corrected chi connectivity index (χ4v) is 2.96. The number of rotatable bonds is 3. The van der Waals surface area contributed by atoms with Gasteiger partial charge in [-0.3, -0.25) is 0 Å². The number of aliphatic hydroxyl groups excluding tert-OH is 1. The Labute approximate surface area is 129 Å². The molecule has 4 heteroatoms. The number of hydrogen-bond acceptors (Lipinski definition) is 4. The highest BCUT2D eigenvalue weighted by molar-refractivity contribution is 5.76. The minimum Gasteiger partial charge on any atom is -0.454 e. The van der Waals surface area contributed by atoms with E-state index in [1.807, 2.05) is 31.2 Å². The monoisotopic (exact) mass is 297 g/mol. The summed E-state index contributed by atoms with van der Waals surface area (Å²) in [5.74, 6) is -0.666. The minimum atomic E-state index is -1.29. The number of carbonyl (C=O) groups is 1. The number of fused-ring (bicyclic) bond motifs is 1. The summed E-state index contributed by atoms with van der Waals surface area (Å²) in [4.78, 5) is 12.2. The first-order valence-corrected chi connectivity index (χ1v) is 7.35. The Bertz CT molecular complexity index is 684. The first-order valence-electron chi connectivity index (χ1n) is 7.35. The number of aryl methyl sites for hydroxylation is 1. The third-order valence-corrected chi connectivity index (χ3v) is 4.16. The van der Waals surface area contributed by atoms with Crippen molar-refractivity contribution in [1.82, 2.24) is 0 Å². The maximum atomic E-state index is 12.2. The zero-order valence-corrected chi connectivity index (χ0v) is 12.4. The van der Waals surface area contributed by atoms with E-state index in [0.29, 0.717) is 12.0 Å². The molecule has 22 heavy (non-hydrogen) atoms. The van der Waals surface area contributed by atoms with Crippen molar-refractivity contribution in [2.45, 2.75) is 31.6 Å². The largest absolute Gasteiger partial charge is 0.454 e. The Morgan fingerprint density at radius 3 is 2.68 bits per heavy atom. The molecule has 0 unspecified atom stereocenters. The van der Waals surface area contributed by atoms with Crippen LogP contribution in [0.25, 0.3) is 0 Å². The molecule has 2 aromatic carbocycles. The quantitative estimate of drug-likeness (QED) is 0.852. The van der Waals surface area contributed by atoms with Crippen molar-refractivity contribution in [3.05, 3.63) is 70.8 Å². The van der Waals surface area contributed by atoms with Crippen LogP contribution in [0.4, 0.5) is 0 Å². The van der Waals surface area contributed by atoms with Gasteiger partial charge in [0.25, 0.3) is 0 Å². The Kier molecular flexibility index (Phi) is 3.96. The molecule has 4 nitrogen and oxygen atoms in total. The number of nitrogens with two attached hydrogens (primary N) is 1. The van der Waals surface area contributed by atoms with Crippen LogP contribution >= 0.6 is 0 Å². The minimum absolute atomic E-state index is 0.275. The summed E-state index contributed by atoms with van der Waals surface area (Å²) in [6.07, 6.45) is -1.11. The second-order valence-corrected chi connectivity index (χ2v) is 5.68. The van der Waals surface area contributed by atoms with Crippen LogP contribution in [-0.2, 0) is 16.0 Å².